The Morgan fingerprint density at radius 2 is 0.777 bits per heavy atom. The summed E-state index contributed by atoms with van der Waals surface area (Å²) in [5.74, 6) is 0.396. The van der Waals surface area contributed by atoms with Gasteiger partial charge < -0.3 is 54.1 Å². The van der Waals surface area contributed by atoms with Gasteiger partial charge in [-0.05, 0) is 169 Å². The van der Waals surface area contributed by atoms with E-state index in [1.54, 1.807) is 13.0 Å². The SMILES string of the molecule is CN1CCNCC1.COC(=O)CBr.COC(=O)CC1CCCCCC1=O.COC(=O)CC1CCCCCC1N1CCN(C(=O)C(C)Cc2ccc(Cl)cc2C)CC1.COC(=O)CC1CCCCCC1N1CCN(C)CC1.COC(=O)CC1CCCCCC1N1CCNCC1.Cc1cc(Cl)ccc1CC(C)C(=O)O.O=C1CCCCCC1.[Cl][Ti]([Cl])([Cl])[Cl]. The molecule has 9 atom stereocenters. The summed E-state index contributed by atoms with van der Waals surface area (Å²) in [5, 5.41) is 17.1. The number of ketones is 2. The van der Waals surface area contributed by atoms with E-state index in [9.17, 15) is 43.2 Å². The van der Waals surface area contributed by atoms with Crippen molar-refractivity contribution in [3.8, 4) is 0 Å². The number of carboxylic acid groups (broad SMARTS) is 1. The van der Waals surface area contributed by atoms with Crippen molar-refractivity contribution in [3.63, 3.8) is 0 Å². The Hall–Kier alpha value is -3.28. The number of carbonyl (C=O) groups is 9. The summed E-state index contributed by atoms with van der Waals surface area (Å²) in [6, 6.07) is 13.0. The van der Waals surface area contributed by atoms with E-state index < -0.39 is 18.3 Å². The number of aliphatic carboxylic acids is 1. The second-order valence-corrected chi connectivity index (χ2v) is 50.5. The van der Waals surface area contributed by atoms with Crippen molar-refractivity contribution in [3.05, 3.63) is 68.7 Å². The van der Waals surface area contributed by atoms with Gasteiger partial charge in [0.1, 0.15) is 16.9 Å². The van der Waals surface area contributed by atoms with E-state index in [-0.39, 0.29) is 71.0 Å². The quantitative estimate of drug-likeness (QED) is 0.0412. The predicted molar refractivity (Wildman–Crippen MR) is 489 cm³/mol. The molecule has 0 bridgehead atoms. The molecule has 11 rings (SSSR count). The summed E-state index contributed by atoms with van der Waals surface area (Å²) in [7, 11) is 31.6. The average molecular weight is 1920 g/mol. The van der Waals surface area contributed by atoms with E-state index in [2.05, 4.69) is 81.6 Å². The number of esters is 5. The number of likely N-dealkylation sites (N-methyl/N-ethyl adjacent to an activating group) is 2. The number of hydrogen-bond acceptors (Lipinski definition) is 21. The van der Waals surface area contributed by atoms with Gasteiger partial charge in [0.05, 0.1) is 47.9 Å². The van der Waals surface area contributed by atoms with Crippen LogP contribution in [-0.2, 0) is 92.0 Å². The molecule has 9 unspecified atom stereocenters. The molecule has 5 saturated carbocycles. The number of ether oxygens (including phenoxy) is 5. The third kappa shape index (κ3) is 49.8. The molecule has 2 aromatic rings. The van der Waals surface area contributed by atoms with Crippen molar-refractivity contribution in [2.75, 3.05) is 160 Å². The number of alkyl halides is 1. The maximum atomic E-state index is 13.1. The van der Waals surface area contributed by atoms with Crippen LogP contribution in [-0.4, -0.2) is 266 Å². The number of halogens is 7. The van der Waals surface area contributed by atoms with Crippen molar-refractivity contribution in [1.82, 2.24) is 40.0 Å². The topological polar surface area (TPSA) is 264 Å². The third-order valence-electron chi connectivity index (χ3n) is 24.5. The number of carbonyl (C=O) groups excluding carboxylic acids is 8. The number of amides is 1. The summed E-state index contributed by atoms with van der Waals surface area (Å²) in [4.78, 5) is 116. The minimum absolute atomic E-state index is 0.0361. The number of rotatable bonds is 18. The van der Waals surface area contributed by atoms with Crippen molar-refractivity contribution < 1.29 is 84.3 Å². The molecular formula is C90H149BrCl6N8O15Ti. The number of aryl methyl sites for hydroxylation is 2. The van der Waals surface area contributed by atoms with E-state index in [4.69, 9.17) is 79.7 Å². The number of hydrogen-bond donors (Lipinski definition) is 3. The van der Waals surface area contributed by atoms with Crippen molar-refractivity contribution >= 4 is 130 Å². The zero-order valence-corrected chi connectivity index (χ0v) is 82.5. The normalized spacial score (nSPS) is 23.4. The van der Waals surface area contributed by atoms with Crippen LogP contribution in [0.2, 0.25) is 10.0 Å². The molecule has 31 heteroatoms. The van der Waals surface area contributed by atoms with Crippen LogP contribution in [0.25, 0.3) is 0 Å². The van der Waals surface area contributed by atoms with Gasteiger partial charge in [0, 0.05) is 183 Å². The first kappa shape index (κ1) is 112. The van der Waals surface area contributed by atoms with Gasteiger partial charge in [-0.25, -0.2) is 0 Å². The zero-order chi connectivity index (χ0) is 89.7. The van der Waals surface area contributed by atoms with Crippen LogP contribution >= 0.6 is 76.4 Å². The van der Waals surface area contributed by atoms with E-state index >= 15 is 0 Å². The molecule has 4 saturated heterocycles. The number of carboxylic acids is 1. The monoisotopic (exact) mass is 1920 g/mol. The van der Waals surface area contributed by atoms with Crippen molar-refractivity contribution in [2.45, 2.75) is 251 Å². The summed E-state index contributed by atoms with van der Waals surface area (Å²) >= 11 is 11.7. The molecular weight excluding hydrogens is 1770 g/mol. The molecule has 5 aliphatic carbocycles. The average Bonchev–Trinajstić information content (AvgIpc) is 1.80. The number of piperazine rings is 4. The van der Waals surface area contributed by atoms with Gasteiger partial charge in [-0.1, -0.05) is 149 Å². The molecule has 3 N–H and O–H groups in total. The van der Waals surface area contributed by atoms with Crippen LogP contribution in [0.5, 0.6) is 0 Å². The van der Waals surface area contributed by atoms with Crippen molar-refractivity contribution in [1.29, 1.82) is 0 Å². The van der Waals surface area contributed by atoms with Crippen LogP contribution < -0.4 is 10.6 Å². The van der Waals surface area contributed by atoms with Gasteiger partial charge in [0.15, 0.2) is 0 Å². The Kier molecular flexibility index (Phi) is 60.4. The van der Waals surface area contributed by atoms with E-state index in [1.807, 2.05) is 49.1 Å². The summed E-state index contributed by atoms with van der Waals surface area (Å²) in [6.07, 6.45) is 33.0. The van der Waals surface area contributed by atoms with Crippen LogP contribution in [0.1, 0.15) is 229 Å². The van der Waals surface area contributed by atoms with Gasteiger partial charge in [-0.15, -0.1) is 0 Å². The zero-order valence-electron chi connectivity index (χ0n) is 74.8. The van der Waals surface area contributed by atoms with Crippen LogP contribution in [0.3, 0.4) is 0 Å². The van der Waals surface area contributed by atoms with Gasteiger partial charge in [0.25, 0.3) is 0 Å². The first-order valence-corrected chi connectivity index (χ1v) is 54.9. The van der Waals surface area contributed by atoms with E-state index in [1.165, 1.54) is 151 Å². The molecule has 23 nitrogen and oxygen atoms in total. The minimum atomic E-state index is -3.11. The molecule has 9 aliphatic rings. The summed E-state index contributed by atoms with van der Waals surface area (Å²) in [5.41, 5.74) is 4.42. The fraction of sp³-hybridized carbons (Fsp3) is 0.767. The van der Waals surface area contributed by atoms with Gasteiger partial charge in [-0.3, -0.25) is 57.9 Å². The van der Waals surface area contributed by atoms with Crippen molar-refractivity contribution in [2.24, 2.45) is 35.5 Å². The van der Waals surface area contributed by atoms with Crippen LogP contribution in [0.15, 0.2) is 36.4 Å². The number of methoxy groups -OCH3 is 5. The molecule has 121 heavy (non-hydrogen) atoms. The maximum absolute atomic E-state index is 13.1. The number of nitrogens with zero attached hydrogens (tertiary/aromatic N) is 6. The molecule has 1 amide bonds. The molecule has 4 heterocycles. The standard InChI is InChI=1S/C25H37ClN2O3.C15H28N2O2.C14H26N2O2.C11H13ClO2.C10H16O3.C7H12O.C5H12N2.C3H5BrO2.4ClH.Ti/c1-18-16-22(26)10-9-20(18)15-19(2)25(30)28-13-11-27(12-14-28)23-8-6-4-5-7-21(23)17-24(29)31-3;1-16-8-10-17(11-9-16)14-7-5-3-4-6-13(14)12-15(18)19-2;1-18-14(17)11-12-5-3-2-4-6-13(12)16-9-7-15-8-10-16;1-7-6-10(12)4-3-9(7)5-8(2)11(13)14;1-13-10(12)7-8-5-3-2-4-6-9(8)11;8-7-5-3-1-2-4-6-7;1-7-4-2-6-3-5-7;1-6-3(5)2-4;;;;;/h9-10,16,19,21,23H,4-8,11-15,17H2,1-3H3;13-14H,3-12H2,1-2H3;12-13,15H,2-11H2,1H3;3-4,6,8H,5H2,1-2H3,(H,13,14);8H,2-7H2,1H3;1-6H2;6H,2-5H2,1H3;2H2,1H3;4*1H;/q;;;;;;;;;;;;+4/p-4. The molecule has 0 aromatic heterocycles. The molecule has 692 valence electrons. The number of nitrogens with one attached hydrogen (secondary N) is 2. The third-order valence-corrected chi connectivity index (χ3v) is 25.4. The first-order chi connectivity index (χ1) is 57.7. The molecule has 0 radical (unpaired) electrons. The van der Waals surface area contributed by atoms with E-state index in [0.29, 0.717) is 78.8 Å². The fourth-order valence-electron chi connectivity index (χ4n) is 17.2. The van der Waals surface area contributed by atoms with Gasteiger partial charge in [0.2, 0.25) is 5.91 Å². The Labute approximate surface area is 763 Å². The van der Waals surface area contributed by atoms with Gasteiger partial charge in [-0.2, -0.15) is 0 Å². The van der Waals surface area contributed by atoms with Gasteiger partial charge >= 0.3 is 85.4 Å². The second kappa shape index (κ2) is 65.3. The van der Waals surface area contributed by atoms with E-state index in [0.717, 1.165) is 184 Å². The molecule has 0 spiro atoms. The van der Waals surface area contributed by atoms with Crippen LogP contribution in [0.4, 0.5) is 0 Å². The fourth-order valence-corrected chi connectivity index (χ4v) is 17.9. The molecule has 4 aliphatic heterocycles. The van der Waals surface area contributed by atoms with Crippen LogP contribution in [0, 0.1) is 49.4 Å². The molecule has 2 aromatic carbocycles. The number of benzene rings is 2. The Bertz CT molecular complexity index is 3270. The second-order valence-electron chi connectivity index (χ2n) is 33.6. The Morgan fingerprint density at radius 1 is 0.446 bits per heavy atom. The Balaban J connectivity index is 0.000000372. The first-order valence-electron chi connectivity index (χ1n) is 44.5. The molecule has 9 fully saturated rings. The predicted octanol–water partition coefficient (Wildman–Crippen LogP) is 17.0. The summed E-state index contributed by atoms with van der Waals surface area (Å²) in [6.45, 7) is 24.8. The Morgan fingerprint density at radius 3 is 1.14 bits per heavy atom. The summed E-state index contributed by atoms with van der Waals surface area (Å²) < 4.78 is 23.5. The number of Topliss-reactive ketones (excluding diaryl/α,β-unsaturated/α-hetero) is 2.